The number of halogens is 1. The zero-order valence-corrected chi connectivity index (χ0v) is 8.08. The molecule has 1 heterocycles. The van der Waals surface area contributed by atoms with Gasteiger partial charge in [-0.25, -0.2) is 0 Å². The van der Waals surface area contributed by atoms with Crippen molar-refractivity contribution in [1.29, 1.82) is 0 Å². The molecule has 0 radical (unpaired) electrons. The Morgan fingerprint density at radius 1 is 1.69 bits per heavy atom. The molecule has 0 spiro atoms. The number of nitrogens with zero attached hydrogens (tertiary/aromatic N) is 1. The third kappa shape index (κ3) is 2.86. The molecule has 0 amide bonds. The highest BCUT2D eigenvalue weighted by atomic mass is 79.9. The minimum Gasteiger partial charge on any atom is -0.503 e. The summed E-state index contributed by atoms with van der Waals surface area (Å²) in [5.41, 5.74) is 0.170. The van der Waals surface area contributed by atoms with E-state index in [0.29, 0.717) is 0 Å². The Hall–Kier alpha value is -0.810. The van der Waals surface area contributed by atoms with Gasteiger partial charge >= 0.3 is 0 Å². The fourth-order valence-corrected chi connectivity index (χ4v) is 0.794. The first-order chi connectivity index (χ1) is 7.67. The average Bonchev–Trinajstić information content (AvgIpc) is 2.19. The van der Waals surface area contributed by atoms with E-state index in [1.54, 1.807) is 0 Å². The molecule has 13 heavy (non-hydrogen) atoms. The molecular weight excluding hydrogens is 238 g/mol. The summed E-state index contributed by atoms with van der Waals surface area (Å²) in [6.45, 7) is -3.10. The molecule has 72 valence electrons. The van der Waals surface area contributed by atoms with E-state index in [1.807, 2.05) is 0 Å². The highest BCUT2D eigenvalue weighted by Gasteiger charge is 2.03. The third-order valence-electron chi connectivity index (χ3n) is 1.26. The van der Waals surface area contributed by atoms with Crippen LogP contribution in [-0.2, 0) is 6.61 Å². The first-order valence-corrected chi connectivity index (χ1v) is 4.13. The number of aromatic nitrogens is 1. The van der Waals surface area contributed by atoms with Crippen molar-refractivity contribution < 1.29 is 20.4 Å². The second kappa shape index (κ2) is 5.04. The van der Waals surface area contributed by atoms with Crippen LogP contribution in [0.25, 0.3) is 0 Å². The van der Waals surface area contributed by atoms with E-state index in [9.17, 15) is 5.11 Å². The lowest BCUT2D eigenvalue weighted by molar-refractivity contribution is 0.273. The highest BCUT2D eigenvalue weighted by Crippen LogP contribution is 2.24. The van der Waals surface area contributed by atoms with Gasteiger partial charge in [0.1, 0.15) is 0 Å². The Kier molecular flexibility index (Phi) is 2.26. The number of aliphatic hydroxyl groups is 1. The second-order valence-corrected chi connectivity index (χ2v) is 2.50. The first-order valence-electron chi connectivity index (χ1n) is 5.34. The molecule has 2 N–H and O–H groups in total. The predicted octanol–water partition coefficient (Wildman–Crippen LogP) is 1.05. The molecule has 0 aliphatic heterocycles. The van der Waals surface area contributed by atoms with Crippen LogP contribution in [0.5, 0.6) is 11.5 Å². The molecule has 0 aromatic carbocycles. The van der Waals surface area contributed by atoms with Gasteiger partial charge in [0.05, 0.1) is 27.8 Å². The summed E-state index contributed by atoms with van der Waals surface area (Å²) < 4.78 is 33.9. The third-order valence-corrected chi connectivity index (χ3v) is 1.43. The average molecular weight is 252 g/mol. The Morgan fingerprint density at radius 2 is 2.46 bits per heavy atom. The van der Waals surface area contributed by atoms with Gasteiger partial charge in [-0.05, 0) is 0 Å². The van der Waals surface area contributed by atoms with Crippen LogP contribution in [0, 0.1) is 0 Å². The first kappa shape index (κ1) is 5.82. The maximum absolute atomic E-state index is 9.39. The van der Waals surface area contributed by atoms with Crippen LogP contribution in [0.4, 0.5) is 0 Å². The van der Waals surface area contributed by atoms with Gasteiger partial charge in [0.15, 0.2) is 11.5 Å². The Balaban J connectivity index is 3.02. The molecule has 4 nitrogen and oxygen atoms in total. The van der Waals surface area contributed by atoms with Crippen LogP contribution >= 0.6 is 15.9 Å². The Bertz CT molecular complexity index is 410. The van der Waals surface area contributed by atoms with Gasteiger partial charge in [-0.2, -0.15) is 0 Å². The lowest BCUT2D eigenvalue weighted by atomic mass is 10.3. The van der Waals surface area contributed by atoms with Crippen LogP contribution in [0.2, 0.25) is 0 Å². The summed E-state index contributed by atoms with van der Waals surface area (Å²) in [6.07, 6.45) is 0.987. The summed E-state index contributed by atoms with van der Waals surface area (Å²) in [5.74, 6) is -0.736. The van der Waals surface area contributed by atoms with Gasteiger partial charge in [-0.15, -0.1) is 0 Å². The minimum atomic E-state index is -2.70. The summed E-state index contributed by atoms with van der Waals surface area (Å²) in [5, 5.41) is 15.8. The van der Waals surface area contributed by atoms with E-state index in [0.717, 1.165) is 12.3 Å². The topological polar surface area (TPSA) is 62.6 Å². The van der Waals surface area contributed by atoms with Crippen molar-refractivity contribution in [1.82, 2.24) is 4.98 Å². The van der Waals surface area contributed by atoms with Gasteiger partial charge in [-0.3, -0.25) is 4.98 Å². The van der Waals surface area contributed by atoms with Crippen LogP contribution in [0.3, 0.4) is 0 Å². The van der Waals surface area contributed by atoms with Gasteiger partial charge in [-0.1, -0.05) is 15.9 Å². The zero-order chi connectivity index (χ0) is 13.3. The largest absolute Gasteiger partial charge is 0.503 e. The molecule has 0 unspecified atom stereocenters. The summed E-state index contributed by atoms with van der Waals surface area (Å²) >= 11 is 2.50. The molecule has 0 aliphatic carbocycles. The van der Waals surface area contributed by atoms with Crippen LogP contribution < -0.4 is 4.74 Å². The van der Waals surface area contributed by atoms with E-state index in [4.69, 9.17) is 15.3 Å². The minimum absolute atomic E-state index is 0.170. The smallest absolute Gasteiger partial charge is 0.176 e. The summed E-state index contributed by atoms with van der Waals surface area (Å²) in [4.78, 5) is 3.64. The molecule has 1 rings (SSSR count). The molecule has 1 aromatic rings. The number of aliphatic hydroxyl groups excluding tert-OH is 1. The van der Waals surface area contributed by atoms with Crippen LogP contribution in [0.1, 0.15) is 11.2 Å². The normalized spacial score (nSPS) is 16.8. The highest BCUT2D eigenvalue weighted by molar-refractivity contribution is 9.09. The fourth-order valence-electron chi connectivity index (χ4n) is 0.713. The number of ether oxygens (including phenoxy) is 1. The number of rotatable bonds is 4. The van der Waals surface area contributed by atoms with Gasteiger partial charge < -0.3 is 14.9 Å². The van der Waals surface area contributed by atoms with Gasteiger partial charge in [0, 0.05) is 14.1 Å². The van der Waals surface area contributed by atoms with Gasteiger partial charge in [0.25, 0.3) is 0 Å². The van der Waals surface area contributed by atoms with Crippen molar-refractivity contribution in [3.05, 3.63) is 18.0 Å². The lowest BCUT2D eigenvalue weighted by Crippen LogP contribution is -1.99. The van der Waals surface area contributed by atoms with Crippen molar-refractivity contribution in [3.63, 3.8) is 0 Å². The number of hydrogen-bond acceptors (Lipinski definition) is 4. The Morgan fingerprint density at radius 3 is 3.08 bits per heavy atom. The van der Waals surface area contributed by atoms with E-state index in [1.165, 1.54) is 0 Å². The molecule has 0 saturated carbocycles. The van der Waals surface area contributed by atoms with E-state index in [2.05, 4.69) is 20.9 Å². The Labute approximate surface area is 89.9 Å². The molecule has 0 bridgehead atoms. The van der Waals surface area contributed by atoms with Crippen molar-refractivity contribution in [2.75, 3.05) is 11.8 Å². The van der Waals surface area contributed by atoms with E-state index in [-0.39, 0.29) is 11.4 Å². The molecule has 0 fully saturated rings. The number of hydrogen-bond donors (Lipinski definition) is 2. The maximum Gasteiger partial charge on any atom is 0.176 e. The van der Waals surface area contributed by atoms with Crippen molar-refractivity contribution in [2.24, 2.45) is 0 Å². The molecule has 0 atom stereocenters. The number of aromatic hydroxyl groups is 1. The maximum atomic E-state index is 9.39. The quantitative estimate of drug-likeness (QED) is 0.786. The molecule has 0 aliphatic rings. The zero-order valence-electron chi connectivity index (χ0n) is 10.5. The number of pyridine rings is 1. The van der Waals surface area contributed by atoms with Crippen LogP contribution in [-0.4, -0.2) is 27.0 Å². The molecule has 1 aromatic heterocycles. The van der Waals surface area contributed by atoms with Crippen molar-refractivity contribution >= 4 is 15.9 Å². The molecule has 5 heteroatoms. The summed E-state index contributed by atoms with van der Waals surface area (Å²) in [7, 11) is 0. The van der Waals surface area contributed by atoms with E-state index < -0.39 is 24.2 Å². The number of alkyl halides is 1. The fraction of sp³-hybridized carbons (Fsp3) is 0.375. The monoisotopic (exact) mass is 251 g/mol. The standard InChI is InChI=1S/C8H10BrNO3/c9-1-2-13-8-3-6(5-11)10-4-7(8)12/h3-4,11-12H,1-2,5H2/i1D2,2D2. The second-order valence-electron chi connectivity index (χ2n) is 2.10. The predicted molar refractivity (Wildman–Crippen MR) is 51.1 cm³/mol. The lowest BCUT2D eigenvalue weighted by Gasteiger charge is -2.06. The molecule has 0 saturated heterocycles. The molecular formula is C8H10BrNO3. The summed E-state index contributed by atoms with van der Waals surface area (Å²) in [6, 6.07) is 1.13. The SMILES string of the molecule is [2H]C([2H])(Br)C([2H])([2H])Oc1cc(CO)ncc1O. The van der Waals surface area contributed by atoms with E-state index >= 15 is 0 Å². The van der Waals surface area contributed by atoms with Crippen molar-refractivity contribution in [2.45, 2.75) is 6.61 Å². The van der Waals surface area contributed by atoms with Gasteiger partial charge in [0.2, 0.25) is 0 Å². The van der Waals surface area contributed by atoms with Crippen molar-refractivity contribution in [3.8, 4) is 11.5 Å². The van der Waals surface area contributed by atoms with Crippen LogP contribution in [0.15, 0.2) is 12.3 Å².